The number of hydrogen-bond acceptors (Lipinski definition) is 6. The molecule has 0 spiro atoms. The van der Waals surface area contributed by atoms with Crippen molar-refractivity contribution in [3.05, 3.63) is 23.7 Å². The summed E-state index contributed by atoms with van der Waals surface area (Å²) in [5.74, 6) is 0.342. The molecular weight excluding hydrogens is 260 g/mol. The normalized spacial score (nSPS) is 17.3. The molecule has 112 valence electrons. The van der Waals surface area contributed by atoms with Crippen molar-refractivity contribution in [1.29, 1.82) is 0 Å². The molecule has 1 fully saturated rings. The standard InChI is InChI=1S/C14H22N2O4/c1-2-19-14(18)12-3-10-20-13(12)11-16-6-4-15(5-7-16)8-9-17/h3,10,17H,2,4-9,11H2,1H3. The van der Waals surface area contributed by atoms with Crippen LogP contribution in [0.2, 0.25) is 0 Å². The lowest BCUT2D eigenvalue weighted by Gasteiger charge is -2.33. The first-order valence-electron chi connectivity index (χ1n) is 7.03. The van der Waals surface area contributed by atoms with Crippen LogP contribution in [0.4, 0.5) is 0 Å². The molecule has 2 rings (SSSR count). The van der Waals surface area contributed by atoms with Crippen LogP contribution in [0.25, 0.3) is 0 Å². The quantitative estimate of drug-likeness (QED) is 0.769. The largest absolute Gasteiger partial charge is 0.467 e. The van der Waals surface area contributed by atoms with Crippen LogP contribution in [0.15, 0.2) is 16.7 Å². The van der Waals surface area contributed by atoms with E-state index in [0.29, 0.717) is 24.5 Å². The first kappa shape index (κ1) is 15.0. The van der Waals surface area contributed by atoms with E-state index >= 15 is 0 Å². The summed E-state index contributed by atoms with van der Waals surface area (Å²) in [4.78, 5) is 16.2. The Morgan fingerprint density at radius 2 is 2.05 bits per heavy atom. The van der Waals surface area contributed by atoms with E-state index in [1.807, 2.05) is 0 Å². The van der Waals surface area contributed by atoms with Crippen LogP contribution in [0.1, 0.15) is 23.0 Å². The second kappa shape index (κ2) is 7.42. The third-order valence-electron chi connectivity index (χ3n) is 3.49. The molecule has 0 unspecified atom stereocenters. The van der Waals surface area contributed by atoms with Crippen LogP contribution in [0.3, 0.4) is 0 Å². The molecule has 0 aliphatic carbocycles. The zero-order valence-electron chi connectivity index (χ0n) is 11.9. The molecule has 20 heavy (non-hydrogen) atoms. The Bertz CT molecular complexity index is 425. The number of carbonyl (C=O) groups excluding carboxylic acids is 1. The number of aliphatic hydroxyl groups excluding tert-OH is 1. The minimum Gasteiger partial charge on any atom is -0.467 e. The van der Waals surface area contributed by atoms with E-state index in [9.17, 15) is 4.79 Å². The van der Waals surface area contributed by atoms with Crippen LogP contribution in [0, 0.1) is 0 Å². The Hall–Kier alpha value is -1.37. The van der Waals surface area contributed by atoms with E-state index in [1.165, 1.54) is 6.26 Å². The molecule has 2 heterocycles. The number of rotatable bonds is 6. The molecule has 0 aromatic carbocycles. The van der Waals surface area contributed by atoms with Crippen LogP contribution in [-0.2, 0) is 11.3 Å². The Morgan fingerprint density at radius 3 is 2.70 bits per heavy atom. The fourth-order valence-corrected chi connectivity index (χ4v) is 2.37. The molecule has 0 bridgehead atoms. The zero-order chi connectivity index (χ0) is 14.4. The van der Waals surface area contributed by atoms with Gasteiger partial charge in [-0.15, -0.1) is 0 Å². The third kappa shape index (κ3) is 3.82. The summed E-state index contributed by atoms with van der Waals surface area (Å²) in [7, 11) is 0. The molecule has 1 aromatic rings. The second-order valence-corrected chi connectivity index (χ2v) is 4.82. The number of ether oxygens (including phenoxy) is 1. The predicted molar refractivity (Wildman–Crippen MR) is 73.5 cm³/mol. The zero-order valence-corrected chi connectivity index (χ0v) is 11.9. The van der Waals surface area contributed by atoms with E-state index in [2.05, 4.69) is 9.80 Å². The molecule has 0 saturated carbocycles. The van der Waals surface area contributed by atoms with Gasteiger partial charge in [-0.3, -0.25) is 9.80 Å². The number of hydrogen-bond donors (Lipinski definition) is 1. The van der Waals surface area contributed by atoms with Crippen molar-refractivity contribution in [3.8, 4) is 0 Å². The Kier molecular flexibility index (Phi) is 5.58. The lowest BCUT2D eigenvalue weighted by Crippen LogP contribution is -2.46. The highest BCUT2D eigenvalue weighted by atomic mass is 16.5. The van der Waals surface area contributed by atoms with Gasteiger partial charge in [-0.05, 0) is 13.0 Å². The van der Waals surface area contributed by atoms with Crippen molar-refractivity contribution >= 4 is 5.97 Å². The van der Waals surface area contributed by atoms with Crippen LogP contribution in [0.5, 0.6) is 0 Å². The molecule has 0 atom stereocenters. The van der Waals surface area contributed by atoms with E-state index in [4.69, 9.17) is 14.3 Å². The Morgan fingerprint density at radius 1 is 1.35 bits per heavy atom. The van der Waals surface area contributed by atoms with Crippen LogP contribution < -0.4 is 0 Å². The molecule has 1 aromatic heterocycles. The lowest BCUT2D eigenvalue weighted by atomic mass is 10.2. The highest BCUT2D eigenvalue weighted by Crippen LogP contribution is 2.16. The summed E-state index contributed by atoms with van der Waals surface area (Å²) in [6.45, 7) is 7.36. The monoisotopic (exact) mass is 282 g/mol. The molecule has 1 aliphatic heterocycles. The molecule has 6 nitrogen and oxygen atoms in total. The van der Waals surface area contributed by atoms with Gasteiger partial charge in [0.15, 0.2) is 0 Å². The van der Waals surface area contributed by atoms with E-state index in [0.717, 1.165) is 32.7 Å². The molecule has 1 saturated heterocycles. The number of furan rings is 1. The van der Waals surface area contributed by atoms with Gasteiger partial charge in [0.05, 0.1) is 26.0 Å². The van der Waals surface area contributed by atoms with Gasteiger partial charge in [0.2, 0.25) is 0 Å². The van der Waals surface area contributed by atoms with E-state index in [-0.39, 0.29) is 12.6 Å². The summed E-state index contributed by atoms with van der Waals surface area (Å²) in [5.41, 5.74) is 0.518. The van der Waals surface area contributed by atoms with Crippen molar-refractivity contribution < 1.29 is 19.1 Å². The number of β-amino-alcohol motifs (C(OH)–C–C–N with tert-alkyl or cyclic N) is 1. The summed E-state index contributed by atoms with van der Waals surface area (Å²) in [5, 5.41) is 8.92. The minimum absolute atomic E-state index is 0.200. The van der Waals surface area contributed by atoms with E-state index < -0.39 is 0 Å². The maximum Gasteiger partial charge on any atom is 0.341 e. The van der Waals surface area contributed by atoms with Crippen molar-refractivity contribution in [1.82, 2.24) is 9.80 Å². The van der Waals surface area contributed by atoms with Gasteiger partial charge in [-0.2, -0.15) is 0 Å². The predicted octanol–water partition coefficient (Wildman–Crippen LogP) is 0.566. The molecule has 1 aliphatic rings. The third-order valence-corrected chi connectivity index (χ3v) is 3.49. The number of nitrogens with zero attached hydrogens (tertiary/aromatic N) is 2. The fourth-order valence-electron chi connectivity index (χ4n) is 2.37. The second-order valence-electron chi connectivity index (χ2n) is 4.82. The number of aliphatic hydroxyl groups is 1. The topological polar surface area (TPSA) is 66.2 Å². The van der Waals surface area contributed by atoms with Crippen molar-refractivity contribution in [2.24, 2.45) is 0 Å². The molecule has 6 heteroatoms. The molecular formula is C14H22N2O4. The van der Waals surface area contributed by atoms with Gasteiger partial charge in [-0.25, -0.2) is 4.79 Å². The highest BCUT2D eigenvalue weighted by Gasteiger charge is 2.21. The van der Waals surface area contributed by atoms with Crippen molar-refractivity contribution in [2.75, 3.05) is 45.9 Å². The summed E-state index contributed by atoms with van der Waals surface area (Å²) in [6, 6.07) is 1.66. The number of piperazine rings is 1. The van der Waals surface area contributed by atoms with Gasteiger partial charge >= 0.3 is 5.97 Å². The van der Waals surface area contributed by atoms with Crippen molar-refractivity contribution in [3.63, 3.8) is 0 Å². The van der Waals surface area contributed by atoms with Gasteiger partial charge < -0.3 is 14.3 Å². The molecule has 0 radical (unpaired) electrons. The Balaban J connectivity index is 1.88. The average Bonchev–Trinajstić information content (AvgIpc) is 2.90. The fraction of sp³-hybridized carbons (Fsp3) is 0.643. The first-order valence-corrected chi connectivity index (χ1v) is 7.03. The smallest absolute Gasteiger partial charge is 0.341 e. The number of carbonyl (C=O) groups is 1. The van der Waals surface area contributed by atoms with Gasteiger partial charge in [0.25, 0.3) is 0 Å². The average molecular weight is 282 g/mol. The Labute approximate surface area is 118 Å². The summed E-state index contributed by atoms with van der Waals surface area (Å²) in [6.07, 6.45) is 1.53. The van der Waals surface area contributed by atoms with Gasteiger partial charge in [0.1, 0.15) is 11.3 Å². The maximum atomic E-state index is 11.8. The minimum atomic E-state index is -0.324. The lowest BCUT2D eigenvalue weighted by molar-refractivity contribution is 0.0519. The number of esters is 1. The SMILES string of the molecule is CCOC(=O)c1ccoc1CN1CCN(CCO)CC1. The van der Waals surface area contributed by atoms with Crippen LogP contribution >= 0.6 is 0 Å². The first-order chi connectivity index (χ1) is 9.74. The highest BCUT2D eigenvalue weighted by molar-refractivity contribution is 5.90. The molecule has 0 amide bonds. The van der Waals surface area contributed by atoms with E-state index in [1.54, 1.807) is 13.0 Å². The summed E-state index contributed by atoms with van der Waals surface area (Å²) < 4.78 is 10.4. The maximum absolute atomic E-state index is 11.8. The van der Waals surface area contributed by atoms with Gasteiger partial charge in [-0.1, -0.05) is 0 Å². The van der Waals surface area contributed by atoms with Crippen molar-refractivity contribution in [2.45, 2.75) is 13.5 Å². The van der Waals surface area contributed by atoms with Crippen LogP contribution in [-0.4, -0.2) is 66.8 Å². The molecule has 1 N–H and O–H groups in total. The van der Waals surface area contributed by atoms with Gasteiger partial charge in [0, 0.05) is 32.7 Å². The summed E-state index contributed by atoms with van der Waals surface area (Å²) >= 11 is 0.